The Bertz CT molecular complexity index is 624. The molecule has 1 aliphatic rings. The zero-order chi connectivity index (χ0) is 18.7. The molecule has 0 unspecified atom stereocenters. The minimum absolute atomic E-state index is 0.00755. The number of benzene rings is 1. The molecule has 1 heterocycles. The molecule has 1 saturated heterocycles. The molecule has 2 rings (SSSR count). The van der Waals surface area contributed by atoms with Crippen LogP contribution in [0.4, 0.5) is 10.5 Å². The lowest BCUT2D eigenvalue weighted by Crippen LogP contribution is -2.62. The molecule has 1 aromatic rings. The first-order valence-corrected chi connectivity index (χ1v) is 8.75. The summed E-state index contributed by atoms with van der Waals surface area (Å²) >= 11 is 0. The zero-order valence-corrected chi connectivity index (χ0v) is 15.8. The van der Waals surface area contributed by atoms with Crippen LogP contribution in [-0.2, 0) is 11.3 Å². The van der Waals surface area contributed by atoms with Gasteiger partial charge in [-0.25, -0.2) is 4.79 Å². The van der Waals surface area contributed by atoms with Gasteiger partial charge in [0.1, 0.15) is 0 Å². The van der Waals surface area contributed by atoms with Crippen molar-refractivity contribution in [1.82, 2.24) is 16.0 Å². The quantitative estimate of drug-likeness (QED) is 0.676. The maximum atomic E-state index is 12.3. The predicted octanol–water partition coefficient (Wildman–Crippen LogP) is 2.75. The summed E-state index contributed by atoms with van der Waals surface area (Å²) in [5, 5.41) is 12.3. The SMILES string of the molecule is CC(=O)Nc1cccc(CNC(=O)NC2CC(C)(C)NC(C)(C)C2)c1. The van der Waals surface area contributed by atoms with Crippen LogP contribution in [0.3, 0.4) is 0 Å². The molecule has 138 valence electrons. The molecule has 25 heavy (non-hydrogen) atoms. The normalized spacial score (nSPS) is 19.1. The van der Waals surface area contributed by atoms with Gasteiger partial charge in [0, 0.05) is 36.3 Å². The fraction of sp³-hybridized carbons (Fsp3) is 0.579. The summed E-state index contributed by atoms with van der Waals surface area (Å²) in [5.41, 5.74) is 1.65. The number of carbonyl (C=O) groups excluding carboxylic acids is 2. The molecule has 3 amide bonds. The molecular formula is C19H30N4O2. The van der Waals surface area contributed by atoms with Crippen LogP contribution < -0.4 is 21.3 Å². The van der Waals surface area contributed by atoms with Crippen LogP contribution in [0.15, 0.2) is 24.3 Å². The average molecular weight is 346 g/mol. The molecule has 0 aromatic heterocycles. The van der Waals surface area contributed by atoms with Crippen LogP contribution >= 0.6 is 0 Å². The minimum atomic E-state index is -0.163. The minimum Gasteiger partial charge on any atom is -0.335 e. The lowest BCUT2D eigenvalue weighted by molar-refractivity contribution is -0.114. The second-order valence-electron chi connectivity index (χ2n) is 8.21. The van der Waals surface area contributed by atoms with Gasteiger partial charge in [-0.15, -0.1) is 0 Å². The third-order valence-electron chi connectivity index (χ3n) is 4.23. The van der Waals surface area contributed by atoms with E-state index in [-0.39, 0.29) is 29.1 Å². The highest BCUT2D eigenvalue weighted by atomic mass is 16.2. The summed E-state index contributed by atoms with van der Waals surface area (Å²) in [7, 11) is 0. The van der Waals surface area contributed by atoms with E-state index in [1.54, 1.807) is 0 Å². The van der Waals surface area contributed by atoms with E-state index >= 15 is 0 Å². The smallest absolute Gasteiger partial charge is 0.315 e. The first kappa shape index (κ1) is 19.2. The number of rotatable bonds is 4. The van der Waals surface area contributed by atoms with E-state index in [0.29, 0.717) is 6.54 Å². The lowest BCUT2D eigenvalue weighted by Gasteiger charge is -2.46. The van der Waals surface area contributed by atoms with E-state index in [2.05, 4.69) is 49.0 Å². The van der Waals surface area contributed by atoms with E-state index in [1.165, 1.54) is 6.92 Å². The first-order chi connectivity index (χ1) is 11.5. The number of piperidine rings is 1. The van der Waals surface area contributed by atoms with Crippen molar-refractivity contribution in [3.63, 3.8) is 0 Å². The van der Waals surface area contributed by atoms with Gasteiger partial charge < -0.3 is 21.3 Å². The zero-order valence-electron chi connectivity index (χ0n) is 15.8. The average Bonchev–Trinajstić information content (AvgIpc) is 2.41. The standard InChI is InChI=1S/C19H30N4O2/c1-13(24)21-15-8-6-7-14(9-15)12-20-17(25)22-16-10-18(2,3)23-19(4,5)11-16/h6-9,16,23H,10-12H2,1-5H3,(H,21,24)(H2,20,22,25). The molecular weight excluding hydrogens is 316 g/mol. The largest absolute Gasteiger partial charge is 0.335 e. The Balaban J connectivity index is 1.87. The maximum Gasteiger partial charge on any atom is 0.315 e. The molecule has 0 atom stereocenters. The van der Waals surface area contributed by atoms with Gasteiger partial charge in [0.25, 0.3) is 0 Å². The van der Waals surface area contributed by atoms with Crippen molar-refractivity contribution in [2.75, 3.05) is 5.32 Å². The summed E-state index contributed by atoms with van der Waals surface area (Å²) in [6.07, 6.45) is 1.78. The van der Waals surface area contributed by atoms with Gasteiger partial charge in [-0.1, -0.05) is 12.1 Å². The van der Waals surface area contributed by atoms with E-state index in [0.717, 1.165) is 24.1 Å². The van der Waals surface area contributed by atoms with Gasteiger partial charge in [-0.3, -0.25) is 4.79 Å². The van der Waals surface area contributed by atoms with Crippen LogP contribution in [-0.4, -0.2) is 29.1 Å². The van der Waals surface area contributed by atoms with E-state index < -0.39 is 0 Å². The Kier molecular flexibility index (Phi) is 5.72. The number of hydrogen-bond acceptors (Lipinski definition) is 3. The third-order valence-corrected chi connectivity index (χ3v) is 4.23. The number of amides is 3. The Morgan fingerprint density at radius 3 is 2.40 bits per heavy atom. The Morgan fingerprint density at radius 2 is 1.80 bits per heavy atom. The first-order valence-electron chi connectivity index (χ1n) is 8.75. The summed E-state index contributed by atoms with van der Waals surface area (Å²) in [6.45, 7) is 10.5. The summed E-state index contributed by atoms with van der Waals surface area (Å²) in [4.78, 5) is 23.4. The summed E-state index contributed by atoms with van der Waals surface area (Å²) < 4.78 is 0. The number of urea groups is 1. The van der Waals surface area contributed by atoms with Crippen LogP contribution in [0, 0.1) is 0 Å². The monoisotopic (exact) mass is 346 g/mol. The van der Waals surface area contributed by atoms with Crippen molar-refractivity contribution in [3.05, 3.63) is 29.8 Å². The molecule has 0 saturated carbocycles. The highest BCUT2D eigenvalue weighted by Crippen LogP contribution is 2.28. The molecule has 0 radical (unpaired) electrons. The Labute approximate surface area is 150 Å². The summed E-state index contributed by atoms with van der Waals surface area (Å²) in [5.74, 6) is -0.112. The van der Waals surface area contributed by atoms with Crippen molar-refractivity contribution in [3.8, 4) is 0 Å². The molecule has 1 aromatic carbocycles. The predicted molar refractivity (Wildman–Crippen MR) is 100 cm³/mol. The third kappa shape index (κ3) is 6.38. The van der Waals surface area contributed by atoms with Crippen LogP contribution in [0.1, 0.15) is 53.0 Å². The van der Waals surface area contributed by atoms with Crippen molar-refractivity contribution < 1.29 is 9.59 Å². The van der Waals surface area contributed by atoms with Gasteiger partial charge in [-0.2, -0.15) is 0 Å². The second-order valence-corrected chi connectivity index (χ2v) is 8.21. The molecule has 0 spiro atoms. The molecule has 6 nitrogen and oxygen atoms in total. The highest BCUT2D eigenvalue weighted by Gasteiger charge is 2.38. The van der Waals surface area contributed by atoms with E-state index in [4.69, 9.17) is 0 Å². The molecule has 4 N–H and O–H groups in total. The van der Waals surface area contributed by atoms with Crippen LogP contribution in [0.25, 0.3) is 0 Å². The molecule has 1 aliphatic heterocycles. The Morgan fingerprint density at radius 1 is 1.16 bits per heavy atom. The number of nitrogens with one attached hydrogen (secondary N) is 4. The van der Waals surface area contributed by atoms with Gasteiger partial charge in [0.15, 0.2) is 0 Å². The van der Waals surface area contributed by atoms with Crippen LogP contribution in [0.5, 0.6) is 0 Å². The molecule has 6 heteroatoms. The van der Waals surface area contributed by atoms with Gasteiger partial charge in [-0.05, 0) is 58.2 Å². The molecule has 0 aliphatic carbocycles. The molecule has 0 bridgehead atoms. The number of hydrogen-bond donors (Lipinski definition) is 4. The van der Waals surface area contributed by atoms with Crippen LogP contribution in [0.2, 0.25) is 0 Å². The topological polar surface area (TPSA) is 82.3 Å². The highest BCUT2D eigenvalue weighted by molar-refractivity contribution is 5.88. The molecule has 1 fully saturated rings. The van der Waals surface area contributed by atoms with E-state index in [9.17, 15) is 9.59 Å². The fourth-order valence-electron chi connectivity index (χ4n) is 3.81. The van der Waals surface area contributed by atoms with Crippen molar-refractivity contribution in [1.29, 1.82) is 0 Å². The number of anilines is 1. The van der Waals surface area contributed by atoms with Crippen molar-refractivity contribution in [2.45, 2.75) is 71.1 Å². The van der Waals surface area contributed by atoms with E-state index in [1.807, 2.05) is 24.3 Å². The lowest BCUT2D eigenvalue weighted by atomic mass is 9.80. The van der Waals surface area contributed by atoms with Gasteiger partial charge >= 0.3 is 6.03 Å². The second kappa shape index (κ2) is 7.44. The Hall–Kier alpha value is -2.08. The number of carbonyl (C=O) groups is 2. The summed E-state index contributed by atoms with van der Waals surface area (Å²) in [6, 6.07) is 7.43. The maximum absolute atomic E-state index is 12.3. The van der Waals surface area contributed by atoms with Gasteiger partial charge in [0.05, 0.1) is 0 Å². The van der Waals surface area contributed by atoms with Crippen molar-refractivity contribution in [2.24, 2.45) is 0 Å². The van der Waals surface area contributed by atoms with Gasteiger partial charge in [0.2, 0.25) is 5.91 Å². The fourth-order valence-corrected chi connectivity index (χ4v) is 3.81. The van der Waals surface area contributed by atoms with Crippen molar-refractivity contribution >= 4 is 17.6 Å².